The van der Waals surface area contributed by atoms with Gasteiger partial charge in [-0.3, -0.25) is 9.78 Å². The second-order valence-corrected chi connectivity index (χ2v) is 5.46. The van der Waals surface area contributed by atoms with Crippen LogP contribution in [0.25, 0.3) is 0 Å². The summed E-state index contributed by atoms with van der Waals surface area (Å²) >= 11 is 0. The molecule has 7 nitrogen and oxygen atoms in total. The molecule has 0 aliphatic carbocycles. The fraction of sp³-hybridized carbons (Fsp3) is 0.158. The number of pyridine rings is 1. The van der Waals surface area contributed by atoms with E-state index in [9.17, 15) is 4.79 Å². The third kappa shape index (κ3) is 4.54. The molecule has 132 valence electrons. The van der Waals surface area contributed by atoms with Crippen molar-refractivity contribution in [3.63, 3.8) is 0 Å². The molecule has 3 aromatic rings. The van der Waals surface area contributed by atoms with Crippen molar-refractivity contribution < 1.29 is 9.53 Å². The number of benzene rings is 1. The van der Waals surface area contributed by atoms with E-state index >= 15 is 0 Å². The Balaban J connectivity index is 1.61. The van der Waals surface area contributed by atoms with Gasteiger partial charge in [-0.1, -0.05) is 24.3 Å². The van der Waals surface area contributed by atoms with Crippen LogP contribution in [0.15, 0.2) is 61.1 Å². The highest BCUT2D eigenvalue weighted by Gasteiger charge is 2.09. The molecule has 0 radical (unpaired) electrons. The molecule has 2 aromatic heterocycles. The molecule has 3 rings (SSSR count). The SMILES string of the molecule is COc1ccccc1CNc1cc(C(=O)NCc2ccccn2)ncn1. The highest BCUT2D eigenvalue weighted by atomic mass is 16.5. The Morgan fingerprint density at radius 3 is 2.69 bits per heavy atom. The normalized spacial score (nSPS) is 10.2. The zero-order chi connectivity index (χ0) is 18.2. The predicted molar refractivity (Wildman–Crippen MR) is 97.8 cm³/mol. The van der Waals surface area contributed by atoms with Crippen LogP contribution in [0.3, 0.4) is 0 Å². The molecule has 0 saturated heterocycles. The minimum Gasteiger partial charge on any atom is -0.496 e. The minimum atomic E-state index is -0.279. The van der Waals surface area contributed by atoms with E-state index in [-0.39, 0.29) is 5.91 Å². The average molecular weight is 349 g/mol. The number of amides is 1. The van der Waals surface area contributed by atoms with Crippen molar-refractivity contribution in [2.75, 3.05) is 12.4 Å². The molecule has 0 fully saturated rings. The first-order valence-corrected chi connectivity index (χ1v) is 8.12. The largest absolute Gasteiger partial charge is 0.496 e. The van der Waals surface area contributed by atoms with Crippen LogP contribution in [0.5, 0.6) is 5.75 Å². The molecule has 1 aromatic carbocycles. The molecule has 0 aliphatic heterocycles. The number of methoxy groups -OCH3 is 1. The molecule has 0 atom stereocenters. The lowest BCUT2D eigenvalue weighted by molar-refractivity contribution is 0.0945. The maximum absolute atomic E-state index is 12.3. The van der Waals surface area contributed by atoms with Gasteiger partial charge in [-0.25, -0.2) is 9.97 Å². The van der Waals surface area contributed by atoms with Crippen molar-refractivity contribution >= 4 is 11.7 Å². The van der Waals surface area contributed by atoms with Gasteiger partial charge in [0.1, 0.15) is 23.6 Å². The number of carbonyl (C=O) groups is 1. The number of rotatable bonds is 7. The van der Waals surface area contributed by atoms with Crippen molar-refractivity contribution in [1.29, 1.82) is 0 Å². The van der Waals surface area contributed by atoms with E-state index in [1.807, 2.05) is 42.5 Å². The van der Waals surface area contributed by atoms with Gasteiger partial charge in [0.15, 0.2) is 0 Å². The molecule has 0 saturated carbocycles. The molecule has 0 unspecified atom stereocenters. The zero-order valence-electron chi connectivity index (χ0n) is 14.3. The number of anilines is 1. The fourth-order valence-electron chi connectivity index (χ4n) is 2.38. The van der Waals surface area contributed by atoms with Crippen molar-refractivity contribution in [3.8, 4) is 5.75 Å². The van der Waals surface area contributed by atoms with Crippen LogP contribution in [0.4, 0.5) is 5.82 Å². The van der Waals surface area contributed by atoms with Crippen LogP contribution in [0, 0.1) is 0 Å². The summed E-state index contributed by atoms with van der Waals surface area (Å²) in [5.41, 5.74) is 2.07. The summed E-state index contributed by atoms with van der Waals surface area (Å²) in [6.07, 6.45) is 3.05. The third-order valence-corrected chi connectivity index (χ3v) is 3.71. The number of carbonyl (C=O) groups excluding carboxylic acids is 1. The number of hydrogen-bond donors (Lipinski definition) is 2. The first-order valence-electron chi connectivity index (χ1n) is 8.12. The second kappa shape index (κ2) is 8.57. The lowest BCUT2D eigenvalue weighted by Crippen LogP contribution is -2.24. The van der Waals surface area contributed by atoms with Crippen molar-refractivity contribution in [1.82, 2.24) is 20.3 Å². The van der Waals surface area contributed by atoms with Crippen LogP contribution in [-0.2, 0) is 13.1 Å². The number of para-hydroxylation sites is 1. The minimum absolute atomic E-state index is 0.279. The predicted octanol–water partition coefficient (Wildman–Crippen LogP) is 2.42. The maximum atomic E-state index is 12.3. The van der Waals surface area contributed by atoms with Crippen molar-refractivity contribution in [2.24, 2.45) is 0 Å². The molecule has 2 heterocycles. The topological polar surface area (TPSA) is 89.0 Å². The first-order chi connectivity index (χ1) is 12.8. The van der Waals surface area contributed by atoms with Gasteiger partial charge >= 0.3 is 0 Å². The van der Waals surface area contributed by atoms with E-state index in [0.29, 0.717) is 24.6 Å². The summed E-state index contributed by atoms with van der Waals surface area (Å²) in [7, 11) is 1.63. The first kappa shape index (κ1) is 17.3. The van der Waals surface area contributed by atoms with Gasteiger partial charge in [0.05, 0.1) is 19.3 Å². The van der Waals surface area contributed by atoms with Gasteiger partial charge in [0, 0.05) is 24.4 Å². The molecule has 0 bridgehead atoms. The molecular formula is C19H19N5O2. The highest BCUT2D eigenvalue weighted by molar-refractivity contribution is 5.92. The Morgan fingerprint density at radius 1 is 1.04 bits per heavy atom. The summed E-state index contributed by atoms with van der Waals surface area (Å²) in [5.74, 6) is 1.08. The zero-order valence-corrected chi connectivity index (χ0v) is 14.3. The van der Waals surface area contributed by atoms with Crippen LogP contribution < -0.4 is 15.4 Å². The second-order valence-electron chi connectivity index (χ2n) is 5.46. The van der Waals surface area contributed by atoms with Crippen molar-refractivity contribution in [2.45, 2.75) is 13.1 Å². The maximum Gasteiger partial charge on any atom is 0.270 e. The van der Waals surface area contributed by atoms with Gasteiger partial charge in [0.2, 0.25) is 0 Å². The number of ether oxygens (including phenoxy) is 1. The van der Waals surface area contributed by atoms with Crippen LogP contribution in [0.1, 0.15) is 21.7 Å². The Kier molecular flexibility index (Phi) is 5.72. The van der Waals surface area contributed by atoms with Gasteiger partial charge in [-0.2, -0.15) is 0 Å². The lowest BCUT2D eigenvalue weighted by Gasteiger charge is -2.10. The number of aromatic nitrogens is 3. The lowest BCUT2D eigenvalue weighted by atomic mass is 10.2. The molecule has 2 N–H and O–H groups in total. The van der Waals surface area contributed by atoms with Crippen LogP contribution >= 0.6 is 0 Å². The monoisotopic (exact) mass is 349 g/mol. The standard InChI is InChI=1S/C19H19N5O2/c1-26-17-8-3-2-6-14(17)11-21-18-10-16(23-13-24-18)19(25)22-12-15-7-4-5-9-20-15/h2-10,13H,11-12H2,1H3,(H,22,25)(H,21,23,24). The summed E-state index contributed by atoms with van der Waals surface area (Å²) in [5, 5.41) is 5.98. The van der Waals surface area contributed by atoms with Gasteiger partial charge in [-0.15, -0.1) is 0 Å². The van der Waals surface area contributed by atoms with E-state index in [1.54, 1.807) is 19.4 Å². The Labute approximate surface area is 151 Å². The van der Waals surface area contributed by atoms with Gasteiger partial charge in [0.25, 0.3) is 5.91 Å². The summed E-state index contributed by atoms with van der Waals surface area (Å²) in [4.78, 5) is 24.6. The molecule has 7 heteroatoms. The molecular weight excluding hydrogens is 330 g/mol. The Bertz CT molecular complexity index is 871. The quantitative estimate of drug-likeness (QED) is 0.681. The third-order valence-electron chi connectivity index (χ3n) is 3.71. The van der Waals surface area contributed by atoms with E-state index in [1.165, 1.54) is 6.33 Å². The van der Waals surface area contributed by atoms with E-state index in [2.05, 4.69) is 25.6 Å². The summed E-state index contributed by atoms with van der Waals surface area (Å²) < 4.78 is 5.33. The Hall–Kier alpha value is -3.48. The summed E-state index contributed by atoms with van der Waals surface area (Å²) in [6, 6.07) is 14.9. The molecule has 1 amide bonds. The molecule has 26 heavy (non-hydrogen) atoms. The summed E-state index contributed by atoms with van der Waals surface area (Å²) in [6.45, 7) is 0.865. The van der Waals surface area contributed by atoms with Crippen molar-refractivity contribution in [3.05, 3.63) is 78.0 Å². The fourth-order valence-corrected chi connectivity index (χ4v) is 2.38. The Morgan fingerprint density at radius 2 is 1.88 bits per heavy atom. The van der Waals surface area contributed by atoms with E-state index < -0.39 is 0 Å². The van der Waals surface area contributed by atoms with E-state index in [4.69, 9.17) is 4.74 Å². The number of nitrogens with zero attached hydrogens (tertiary/aromatic N) is 3. The molecule has 0 aliphatic rings. The number of nitrogens with one attached hydrogen (secondary N) is 2. The highest BCUT2D eigenvalue weighted by Crippen LogP contribution is 2.18. The van der Waals surface area contributed by atoms with E-state index in [0.717, 1.165) is 17.0 Å². The van der Waals surface area contributed by atoms with Gasteiger partial charge < -0.3 is 15.4 Å². The molecule has 0 spiro atoms. The van der Waals surface area contributed by atoms with Gasteiger partial charge in [-0.05, 0) is 18.2 Å². The average Bonchev–Trinajstić information content (AvgIpc) is 2.71. The number of hydrogen-bond acceptors (Lipinski definition) is 6. The van der Waals surface area contributed by atoms with Crippen LogP contribution in [-0.4, -0.2) is 28.0 Å². The smallest absolute Gasteiger partial charge is 0.270 e. The van der Waals surface area contributed by atoms with Crippen LogP contribution in [0.2, 0.25) is 0 Å².